The van der Waals surface area contributed by atoms with Crippen molar-refractivity contribution < 1.29 is 19.1 Å². The van der Waals surface area contributed by atoms with Crippen molar-refractivity contribution in [3.63, 3.8) is 0 Å². The highest BCUT2D eigenvalue weighted by atomic mass is 35.5. The van der Waals surface area contributed by atoms with Gasteiger partial charge in [0.15, 0.2) is 5.17 Å². The quantitative estimate of drug-likeness (QED) is 0.487. The molecule has 1 aliphatic heterocycles. The van der Waals surface area contributed by atoms with Gasteiger partial charge in [0, 0.05) is 11.6 Å². The van der Waals surface area contributed by atoms with Crippen molar-refractivity contribution >= 4 is 52.2 Å². The lowest BCUT2D eigenvalue weighted by atomic mass is 10.1. The van der Waals surface area contributed by atoms with Gasteiger partial charge < -0.3 is 14.8 Å². The molecule has 0 aliphatic carbocycles. The number of thioether (sulfide) groups is 1. The molecule has 3 aromatic rings. The number of carboxylic acid groups (broad SMARTS) is 1. The molecule has 0 unspecified atom stereocenters. The first-order valence-corrected chi connectivity index (χ1v) is 10.5. The van der Waals surface area contributed by atoms with Crippen molar-refractivity contribution in [2.24, 2.45) is 4.99 Å². The summed E-state index contributed by atoms with van der Waals surface area (Å²) in [7, 11) is 0. The average molecular weight is 453 g/mol. The van der Waals surface area contributed by atoms with Crippen LogP contribution in [0.4, 0.5) is 5.69 Å². The number of hydrogen-bond acceptors (Lipinski definition) is 5. The molecule has 1 amide bonds. The number of nitrogens with zero attached hydrogens (tertiary/aromatic N) is 1. The van der Waals surface area contributed by atoms with Crippen molar-refractivity contribution in [3.8, 4) is 11.3 Å². The molecular formula is C23H17ClN2O4S. The second kappa shape index (κ2) is 8.45. The minimum Gasteiger partial charge on any atom is -0.478 e. The molecule has 1 fully saturated rings. The second-order valence-electron chi connectivity index (χ2n) is 7.03. The van der Waals surface area contributed by atoms with Gasteiger partial charge in [0.2, 0.25) is 0 Å². The number of carbonyl (C=O) groups is 2. The van der Waals surface area contributed by atoms with Gasteiger partial charge in [0.05, 0.1) is 21.2 Å². The van der Waals surface area contributed by atoms with Gasteiger partial charge in [-0.3, -0.25) is 4.79 Å². The summed E-state index contributed by atoms with van der Waals surface area (Å²) in [5, 5.41) is 12.5. The number of furan rings is 1. The molecule has 4 rings (SSSR count). The first-order valence-electron chi connectivity index (χ1n) is 9.29. The van der Waals surface area contributed by atoms with Gasteiger partial charge in [-0.15, -0.1) is 0 Å². The second-order valence-corrected chi connectivity index (χ2v) is 8.47. The molecule has 1 aromatic heterocycles. The van der Waals surface area contributed by atoms with E-state index in [1.54, 1.807) is 24.3 Å². The normalized spacial score (nSPS) is 16.2. The lowest BCUT2D eigenvalue weighted by molar-refractivity contribution is -0.115. The van der Waals surface area contributed by atoms with Gasteiger partial charge in [-0.05, 0) is 73.1 Å². The van der Waals surface area contributed by atoms with Crippen molar-refractivity contribution in [1.29, 1.82) is 0 Å². The number of rotatable bonds is 4. The van der Waals surface area contributed by atoms with E-state index in [2.05, 4.69) is 16.4 Å². The number of hydrogen-bond donors (Lipinski definition) is 2. The SMILES string of the molecule is Cc1cc(C)cc(N=C2NC(=O)/C(=C/c3ccc(-c4ccc(C(=O)O)c(Cl)c4)o3)S2)c1. The molecular weight excluding hydrogens is 436 g/mol. The van der Waals surface area contributed by atoms with Crippen LogP contribution in [0.3, 0.4) is 0 Å². The van der Waals surface area contributed by atoms with Crippen molar-refractivity contribution in [1.82, 2.24) is 5.32 Å². The van der Waals surface area contributed by atoms with Crippen LogP contribution in [0.2, 0.25) is 5.02 Å². The Hall–Kier alpha value is -3.29. The minimum atomic E-state index is -1.09. The standard InChI is InChI=1S/C23H17ClN2O4S/c1-12-7-13(2)9-15(8-12)25-23-26-21(27)20(31-23)11-16-4-6-19(30-16)14-3-5-17(22(28)29)18(24)10-14/h3-11H,1-2H3,(H,28,29)(H,25,26,27)/b20-11-. The maximum absolute atomic E-state index is 12.3. The van der Waals surface area contributed by atoms with Crippen LogP contribution in [-0.4, -0.2) is 22.2 Å². The lowest BCUT2D eigenvalue weighted by Crippen LogP contribution is -2.19. The van der Waals surface area contributed by atoms with E-state index in [1.165, 1.54) is 23.9 Å². The van der Waals surface area contributed by atoms with E-state index in [0.29, 0.717) is 27.2 Å². The molecule has 0 radical (unpaired) electrons. The number of amidine groups is 1. The molecule has 31 heavy (non-hydrogen) atoms. The van der Waals surface area contributed by atoms with Crippen molar-refractivity contribution in [2.45, 2.75) is 13.8 Å². The van der Waals surface area contributed by atoms with Gasteiger partial charge in [0.1, 0.15) is 11.5 Å². The van der Waals surface area contributed by atoms with Crippen LogP contribution in [-0.2, 0) is 4.79 Å². The van der Waals surface area contributed by atoms with E-state index >= 15 is 0 Å². The van der Waals surface area contributed by atoms with E-state index in [-0.39, 0.29) is 16.5 Å². The Kier molecular flexibility index (Phi) is 5.71. The molecule has 2 heterocycles. The maximum Gasteiger partial charge on any atom is 0.337 e. The first kappa shape index (κ1) is 21.0. The zero-order valence-corrected chi connectivity index (χ0v) is 18.2. The predicted molar refractivity (Wildman–Crippen MR) is 123 cm³/mol. The number of benzene rings is 2. The third-order valence-electron chi connectivity index (χ3n) is 4.47. The molecule has 0 atom stereocenters. The van der Waals surface area contributed by atoms with E-state index in [1.807, 2.05) is 26.0 Å². The highest BCUT2D eigenvalue weighted by Crippen LogP contribution is 2.31. The summed E-state index contributed by atoms with van der Waals surface area (Å²) in [4.78, 5) is 28.4. The molecule has 6 nitrogen and oxygen atoms in total. The number of carbonyl (C=O) groups excluding carboxylic acids is 1. The van der Waals surface area contributed by atoms with Gasteiger partial charge in [-0.25, -0.2) is 9.79 Å². The van der Waals surface area contributed by atoms with E-state index in [0.717, 1.165) is 16.8 Å². The summed E-state index contributed by atoms with van der Waals surface area (Å²) >= 11 is 7.27. The van der Waals surface area contributed by atoms with Gasteiger partial charge in [-0.1, -0.05) is 23.7 Å². The molecule has 8 heteroatoms. The lowest BCUT2D eigenvalue weighted by Gasteiger charge is -2.01. The molecule has 2 N–H and O–H groups in total. The maximum atomic E-state index is 12.3. The van der Waals surface area contributed by atoms with E-state index in [9.17, 15) is 9.59 Å². The topological polar surface area (TPSA) is 91.9 Å². The summed E-state index contributed by atoms with van der Waals surface area (Å²) in [6.07, 6.45) is 1.64. The number of halogens is 1. The monoisotopic (exact) mass is 452 g/mol. The van der Waals surface area contributed by atoms with Gasteiger partial charge >= 0.3 is 5.97 Å². The smallest absolute Gasteiger partial charge is 0.337 e. The third kappa shape index (κ3) is 4.73. The number of nitrogens with one attached hydrogen (secondary N) is 1. The Morgan fingerprint density at radius 3 is 2.55 bits per heavy atom. The van der Waals surface area contributed by atoms with Crippen LogP contribution >= 0.6 is 23.4 Å². The number of aliphatic imine (C=N–C) groups is 1. The highest BCUT2D eigenvalue weighted by Gasteiger charge is 2.24. The fourth-order valence-electron chi connectivity index (χ4n) is 3.17. The summed E-state index contributed by atoms with van der Waals surface area (Å²) in [6, 6.07) is 14.0. The zero-order chi connectivity index (χ0) is 22.1. The molecule has 1 saturated heterocycles. The Labute approximate surface area is 187 Å². The van der Waals surface area contributed by atoms with Crippen LogP contribution in [0.1, 0.15) is 27.2 Å². The summed E-state index contributed by atoms with van der Waals surface area (Å²) < 4.78 is 5.80. The Morgan fingerprint density at radius 2 is 1.87 bits per heavy atom. The summed E-state index contributed by atoms with van der Waals surface area (Å²) in [6.45, 7) is 4.00. The number of aryl methyl sites for hydroxylation is 2. The van der Waals surface area contributed by atoms with E-state index in [4.69, 9.17) is 21.1 Å². The van der Waals surface area contributed by atoms with Crippen LogP contribution in [0.25, 0.3) is 17.4 Å². The highest BCUT2D eigenvalue weighted by molar-refractivity contribution is 8.18. The third-order valence-corrected chi connectivity index (χ3v) is 5.69. The molecule has 1 aliphatic rings. The number of carboxylic acids is 1. The van der Waals surface area contributed by atoms with E-state index < -0.39 is 5.97 Å². The van der Waals surface area contributed by atoms with Crippen molar-refractivity contribution in [2.75, 3.05) is 0 Å². The summed E-state index contributed by atoms with van der Waals surface area (Å²) in [5.74, 6) is -0.346. The zero-order valence-electron chi connectivity index (χ0n) is 16.6. The number of aromatic carboxylic acids is 1. The molecule has 0 saturated carbocycles. The van der Waals surface area contributed by atoms with Crippen molar-refractivity contribution in [3.05, 3.63) is 80.9 Å². The minimum absolute atomic E-state index is 0.0222. The molecule has 0 spiro atoms. The largest absolute Gasteiger partial charge is 0.478 e. The fourth-order valence-corrected chi connectivity index (χ4v) is 4.25. The van der Waals surface area contributed by atoms with Gasteiger partial charge in [-0.2, -0.15) is 0 Å². The van der Waals surface area contributed by atoms with Gasteiger partial charge in [0.25, 0.3) is 5.91 Å². The Morgan fingerprint density at radius 1 is 1.13 bits per heavy atom. The molecule has 2 aromatic carbocycles. The summed E-state index contributed by atoms with van der Waals surface area (Å²) in [5.41, 5.74) is 3.64. The van der Waals surface area contributed by atoms with Crippen LogP contribution in [0.5, 0.6) is 0 Å². The van der Waals surface area contributed by atoms with Crippen LogP contribution in [0, 0.1) is 13.8 Å². The van der Waals surface area contributed by atoms with Crippen LogP contribution in [0.15, 0.2) is 62.8 Å². The fraction of sp³-hybridized carbons (Fsp3) is 0.0870. The first-order chi connectivity index (χ1) is 14.8. The molecule has 156 valence electrons. The Balaban J connectivity index is 1.55. The van der Waals surface area contributed by atoms with Crippen LogP contribution < -0.4 is 5.32 Å². The average Bonchev–Trinajstić information content (AvgIpc) is 3.27. The molecule has 0 bridgehead atoms. The number of amides is 1. The predicted octanol–water partition coefficient (Wildman–Crippen LogP) is 5.81. The Bertz CT molecular complexity index is 1260.